The first-order valence-electron chi connectivity index (χ1n) is 7.34. The highest BCUT2D eigenvalue weighted by Gasteiger charge is 2.31. The van der Waals surface area contributed by atoms with Gasteiger partial charge in [0.15, 0.2) is 0 Å². The van der Waals surface area contributed by atoms with E-state index in [0.29, 0.717) is 15.9 Å². The number of alkyl halides is 3. The van der Waals surface area contributed by atoms with Crippen molar-refractivity contribution in [1.29, 1.82) is 0 Å². The molecule has 0 unspecified atom stereocenters. The minimum Gasteiger partial charge on any atom is -0.406 e. The number of tetrazole rings is 1. The van der Waals surface area contributed by atoms with Crippen molar-refractivity contribution in [2.24, 2.45) is 7.05 Å². The van der Waals surface area contributed by atoms with Gasteiger partial charge in [-0.1, -0.05) is 0 Å². The summed E-state index contributed by atoms with van der Waals surface area (Å²) < 4.78 is 41.8. The summed E-state index contributed by atoms with van der Waals surface area (Å²) in [5, 5.41) is 14.5. The number of hydrogen-bond donors (Lipinski definition) is 1. The molecule has 0 spiro atoms. The van der Waals surface area contributed by atoms with Crippen LogP contribution in [0.5, 0.6) is 5.75 Å². The second-order valence-electron chi connectivity index (χ2n) is 5.07. The lowest BCUT2D eigenvalue weighted by atomic mass is 10.2. The zero-order chi connectivity index (χ0) is 19.4. The topological polar surface area (TPSA) is 94.8 Å². The van der Waals surface area contributed by atoms with Crippen LogP contribution in [0.15, 0.2) is 52.8 Å². The molecule has 3 rings (SSSR count). The van der Waals surface area contributed by atoms with Gasteiger partial charge in [0, 0.05) is 18.9 Å². The minimum absolute atomic E-state index is 0.265. The number of ether oxygens (including phenoxy) is 1. The maximum absolute atomic E-state index is 12.5. The van der Waals surface area contributed by atoms with Crippen molar-refractivity contribution in [2.45, 2.75) is 16.5 Å². The second-order valence-corrected chi connectivity index (χ2v) is 6.03. The molecule has 0 aliphatic rings. The van der Waals surface area contributed by atoms with E-state index < -0.39 is 12.3 Å². The zero-order valence-corrected chi connectivity index (χ0v) is 14.5. The number of carbonyl (C=O) groups excluding carboxylic acids is 1. The number of pyridine rings is 1. The third kappa shape index (κ3) is 4.94. The van der Waals surface area contributed by atoms with Gasteiger partial charge in [-0.2, -0.15) is 0 Å². The molecule has 0 aliphatic carbocycles. The molecule has 0 fully saturated rings. The van der Waals surface area contributed by atoms with Crippen LogP contribution in [0.2, 0.25) is 0 Å². The largest absolute Gasteiger partial charge is 0.573 e. The van der Waals surface area contributed by atoms with E-state index in [4.69, 9.17) is 0 Å². The summed E-state index contributed by atoms with van der Waals surface area (Å²) in [6, 6.07) is 7.97. The molecule has 0 atom stereocenters. The van der Waals surface area contributed by atoms with E-state index in [1.165, 1.54) is 23.0 Å². The summed E-state index contributed by atoms with van der Waals surface area (Å²) in [6.45, 7) is 0. The Balaban J connectivity index is 1.74. The van der Waals surface area contributed by atoms with Crippen LogP contribution in [0.1, 0.15) is 10.4 Å². The normalized spacial score (nSPS) is 11.3. The number of carbonyl (C=O) groups is 1. The van der Waals surface area contributed by atoms with Crippen molar-refractivity contribution in [1.82, 2.24) is 25.2 Å². The number of aromatic nitrogens is 5. The van der Waals surface area contributed by atoms with Crippen LogP contribution in [0.25, 0.3) is 0 Å². The number of nitrogens with zero attached hydrogens (tertiary/aromatic N) is 5. The predicted octanol–water partition coefficient (Wildman–Crippen LogP) is 2.91. The fraction of sp³-hybridized carbons (Fsp3) is 0.133. The van der Waals surface area contributed by atoms with Gasteiger partial charge >= 0.3 is 6.36 Å². The Hall–Kier alpha value is -3.15. The molecule has 0 bridgehead atoms. The first kappa shape index (κ1) is 18.6. The van der Waals surface area contributed by atoms with E-state index in [0.717, 1.165) is 23.9 Å². The number of rotatable bonds is 5. The maximum Gasteiger partial charge on any atom is 0.573 e. The summed E-state index contributed by atoms with van der Waals surface area (Å²) in [7, 11) is 1.65. The average molecular weight is 396 g/mol. The van der Waals surface area contributed by atoms with E-state index in [-0.39, 0.29) is 11.3 Å². The average Bonchev–Trinajstić information content (AvgIpc) is 3.01. The summed E-state index contributed by atoms with van der Waals surface area (Å²) in [4.78, 5) is 16.7. The highest BCUT2D eigenvalue weighted by molar-refractivity contribution is 7.99. The Morgan fingerprint density at radius 3 is 2.59 bits per heavy atom. The fourth-order valence-electron chi connectivity index (χ4n) is 1.98. The zero-order valence-electron chi connectivity index (χ0n) is 13.6. The van der Waals surface area contributed by atoms with Crippen molar-refractivity contribution < 1.29 is 22.7 Å². The molecule has 140 valence electrons. The van der Waals surface area contributed by atoms with Crippen molar-refractivity contribution in [2.75, 3.05) is 5.32 Å². The van der Waals surface area contributed by atoms with Crippen molar-refractivity contribution in [3.63, 3.8) is 0 Å². The number of hydrogen-bond acceptors (Lipinski definition) is 7. The van der Waals surface area contributed by atoms with E-state index in [2.05, 4.69) is 30.6 Å². The van der Waals surface area contributed by atoms with Gasteiger partial charge in [0.1, 0.15) is 10.8 Å². The smallest absolute Gasteiger partial charge is 0.406 e. The number of benzene rings is 1. The molecule has 8 nitrogen and oxygen atoms in total. The summed E-state index contributed by atoms with van der Waals surface area (Å²) in [6.07, 6.45) is -3.26. The van der Waals surface area contributed by atoms with Gasteiger partial charge in [-0.15, -0.1) is 18.3 Å². The molecule has 2 heterocycles. The van der Waals surface area contributed by atoms with Crippen molar-refractivity contribution in [3.8, 4) is 5.75 Å². The van der Waals surface area contributed by atoms with Gasteiger partial charge in [0.25, 0.3) is 5.91 Å². The Labute approximate surface area is 154 Å². The lowest BCUT2D eigenvalue weighted by Crippen LogP contribution is -2.17. The third-order valence-corrected chi connectivity index (χ3v) is 4.18. The van der Waals surface area contributed by atoms with Crippen LogP contribution in [0, 0.1) is 0 Å². The lowest BCUT2D eigenvalue weighted by Gasteiger charge is -2.11. The SMILES string of the molecule is Cn1nnnc1Sc1ncccc1C(=O)Nc1ccc(OC(F)(F)F)cc1. The van der Waals surface area contributed by atoms with Crippen molar-refractivity contribution >= 4 is 23.4 Å². The first-order chi connectivity index (χ1) is 12.8. The Morgan fingerprint density at radius 2 is 1.96 bits per heavy atom. The van der Waals surface area contributed by atoms with Crippen LogP contribution in [0.4, 0.5) is 18.9 Å². The Kier molecular flexibility index (Phi) is 5.26. The highest BCUT2D eigenvalue weighted by atomic mass is 32.2. The molecule has 0 aliphatic heterocycles. The van der Waals surface area contributed by atoms with Crippen LogP contribution in [-0.4, -0.2) is 37.5 Å². The van der Waals surface area contributed by atoms with E-state index in [1.807, 2.05) is 0 Å². The van der Waals surface area contributed by atoms with E-state index in [1.54, 1.807) is 19.2 Å². The fourth-order valence-corrected chi connectivity index (χ4v) is 2.78. The molecule has 27 heavy (non-hydrogen) atoms. The van der Waals surface area contributed by atoms with Crippen LogP contribution in [-0.2, 0) is 7.05 Å². The lowest BCUT2D eigenvalue weighted by molar-refractivity contribution is -0.274. The molecule has 1 amide bonds. The molecule has 0 saturated carbocycles. The second kappa shape index (κ2) is 7.61. The van der Waals surface area contributed by atoms with E-state index >= 15 is 0 Å². The molecule has 0 radical (unpaired) electrons. The summed E-state index contributed by atoms with van der Waals surface area (Å²) >= 11 is 1.11. The molecule has 1 N–H and O–H groups in total. The number of aryl methyl sites for hydroxylation is 1. The molecule has 12 heteroatoms. The van der Waals surface area contributed by atoms with Gasteiger partial charge in [-0.05, 0) is 58.6 Å². The molecule has 3 aromatic rings. The molecular weight excluding hydrogens is 385 g/mol. The number of nitrogens with one attached hydrogen (secondary N) is 1. The number of halogens is 3. The van der Waals surface area contributed by atoms with Gasteiger partial charge in [0.05, 0.1) is 5.56 Å². The predicted molar refractivity (Wildman–Crippen MR) is 88.2 cm³/mol. The molecule has 2 aromatic heterocycles. The van der Waals surface area contributed by atoms with Gasteiger partial charge < -0.3 is 10.1 Å². The van der Waals surface area contributed by atoms with Crippen molar-refractivity contribution in [3.05, 3.63) is 48.2 Å². The van der Waals surface area contributed by atoms with Crippen LogP contribution < -0.4 is 10.1 Å². The Bertz CT molecular complexity index is 945. The summed E-state index contributed by atoms with van der Waals surface area (Å²) in [5.41, 5.74) is 0.566. The Morgan fingerprint density at radius 1 is 1.22 bits per heavy atom. The van der Waals surface area contributed by atoms with E-state index in [9.17, 15) is 18.0 Å². The van der Waals surface area contributed by atoms with Gasteiger partial charge in [-0.3, -0.25) is 4.79 Å². The summed E-state index contributed by atoms with van der Waals surface area (Å²) in [5.74, 6) is -0.863. The minimum atomic E-state index is -4.78. The van der Waals surface area contributed by atoms with Crippen LogP contribution in [0.3, 0.4) is 0 Å². The molecular formula is C15H11F3N6O2S. The number of anilines is 1. The first-order valence-corrected chi connectivity index (χ1v) is 8.16. The molecule has 0 saturated heterocycles. The third-order valence-electron chi connectivity index (χ3n) is 3.13. The van der Waals surface area contributed by atoms with Gasteiger partial charge in [-0.25, -0.2) is 9.67 Å². The number of amides is 1. The highest BCUT2D eigenvalue weighted by Crippen LogP contribution is 2.27. The van der Waals surface area contributed by atoms with Gasteiger partial charge in [0.2, 0.25) is 5.16 Å². The monoisotopic (exact) mass is 396 g/mol. The standard InChI is InChI=1S/C15H11F3N6O2S/c1-24-14(21-22-23-24)27-13-11(3-2-8-19-13)12(25)20-9-4-6-10(7-5-9)26-15(16,17)18/h2-8H,1H3,(H,20,25). The molecule has 1 aromatic carbocycles. The quantitative estimate of drug-likeness (QED) is 0.709. The maximum atomic E-state index is 12.5. The van der Waals surface area contributed by atoms with Crippen LogP contribution >= 0.6 is 11.8 Å².